The summed E-state index contributed by atoms with van der Waals surface area (Å²) in [5, 5.41) is 59.2. The fraction of sp³-hybridized carbons (Fsp3) is 1.00. The predicted octanol–water partition coefficient (Wildman–Crippen LogP) is -5.60. The Morgan fingerprint density at radius 3 is 1.28 bits per heavy atom. The lowest BCUT2D eigenvalue weighted by atomic mass is 9.98. The molecule has 13 heteroatoms. The maximum atomic E-state index is 9.97. The molecule has 148 valence electrons. The van der Waals surface area contributed by atoms with E-state index in [0.717, 1.165) is 0 Å². The Morgan fingerprint density at radius 1 is 0.600 bits per heavy atom. The number of hydrogen-bond donors (Lipinski definition) is 8. The second-order valence-corrected chi connectivity index (χ2v) is 5.83. The molecule has 0 bridgehead atoms. The molecule has 2 heterocycles. The molecule has 0 radical (unpaired) electrons. The van der Waals surface area contributed by atoms with Crippen LogP contribution in [0.1, 0.15) is 0 Å². The summed E-state index contributed by atoms with van der Waals surface area (Å²) in [6, 6.07) is 0. The average Bonchev–Trinajstić information content (AvgIpc) is 2.59. The maximum Gasteiger partial charge on any atom is 0.189 e. The normalized spacial score (nSPS) is 48.5. The molecule has 6 unspecified atom stereocenters. The minimum atomic E-state index is -1.70. The SMILES string of the molecule is NOCC1O[C@H](O[C@H]2OC(CON)[C@@H](O)C(O)C2O)C(O)C(O)[C@@H]1O. The van der Waals surface area contributed by atoms with Gasteiger partial charge >= 0.3 is 0 Å². The molecule has 13 nitrogen and oxygen atoms in total. The second-order valence-electron chi connectivity index (χ2n) is 5.83. The van der Waals surface area contributed by atoms with Crippen molar-refractivity contribution in [3.8, 4) is 0 Å². The van der Waals surface area contributed by atoms with Crippen LogP contribution < -0.4 is 11.8 Å². The van der Waals surface area contributed by atoms with Crippen LogP contribution in [0.25, 0.3) is 0 Å². The molecule has 10 atom stereocenters. The molecule has 0 aromatic carbocycles. The largest absolute Gasteiger partial charge is 0.387 e. The molecule has 0 aromatic rings. The van der Waals surface area contributed by atoms with Gasteiger partial charge in [-0.05, 0) is 0 Å². The molecule has 2 fully saturated rings. The molecular weight excluding hydrogens is 348 g/mol. The molecule has 0 aliphatic carbocycles. The second kappa shape index (κ2) is 8.92. The summed E-state index contributed by atoms with van der Waals surface area (Å²) < 4.78 is 15.8. The summed E-state index contributed by atoms with van der Waals surface area (Å²) in [7, 11) is 0. The molecule has 0 saturated carbocycles. The smallest absolute Gasteiger partial charge is 0.189 e. The van der Waals surface area contributed by atoms with E-state index in [1.54, 1.807) is 0 Å². The monoisotopic (exact) mass is 372 g/mol. The van der Waals surface area contributed by atoms with E-state index in [0.29, 0.717) is 0 Å². The van der Waals surface area contributed by atoms with Crippen LogP contribution in [0.5, 0.6) is 0 Å². The molecule has 10 N–H and O–H groups in total. The van der Waals surface area contributed by atoms with Crippen molar-refractivity contribution in [2.45, 2.75) is 61.4 Å². The van der Waals surface area contributed by atoms with Crippen LogP contribution in [0.15, 0.2) is 0 Å². The van der Waals surface area contributed by atoms with Crippen molar-refractivity contribution < 1.29 is 54.5 Å². The van der Waals surface area contributed by atoms with E-state index < -0.39 is 61.4 Å². The Morgan fingerprint density at radius 2 is 0.960 bits per heavy atom. The molecular formula is C12H24N2O11. The van der Waals surface area contributed by atoms with Crippen LogP contribution in [0, 0.1) is 0 Å². The van der Waals surface area contributed by atoms with E-state index in [9.17, 15) is 30.6 Å². The van der Waals surface area contributed by atoms with Crippen LogP contribution in [-0.4, -0.2) is 105 Å². The molecule has 2 aliphatic heterocycles. The standard InChI is InChI=1S/C12H24N2O11/c13-21-1-3-5(15)7(17)9(19)11(23-3)25-12-10(20)8(18)6(16)4(24-12)2-22-14/h3-12,15-20H,1-2,13-14H2/t3?,4?,5-,6-,7?,8?,9?,10?,11-,12-/m1/s1. The van der Waals surface area contributed by atoms with Crippen molar-refractivity contribution in [3.63, 3.8) is 0 Å². The topological polar surface area (TPSA) is 220 Å². The fourth-order valence-electron chi connectivity index (χ4n) is 2.66. The highest BCUT2D eigenvalue weighted by molar-refractivity contribution is 4.92. The van der Waals surface area contributed by atoms with Crippen LogP contribution in [0.3, 0.4) is 0 Å². The van der Waals surface area contributed by atoms with E-state index >= 15 is 0 Å². The van der Waals surface area contributed by atoms with E-state index in [2.05, 4.69) is 9.68 Å². The lowest BCUT2D eigenvalue weighted by molar-refractivity contribution is -0.377. The predicted molar refractivity (Wildman–Crippen MR) is 74.7 cm³/mol. The van der Waals surface area contributed by atoms with Gasteiger partial charge < -0.3 is 54.5 Å². The number of ether oxygens (including phenoxy) is 3. The molecule has 0 aromatic heterocycles. The Bertz CT molecular complexity index is 383. The summed E-state index contributed by atoms with van der Waals surface area (Å²) in [4.78, 5) is 8.71. The van der Waals surface area contributed by atoms with Gasteiger partial charge in [0.15, 0.2) is 12.6 Å². The lowest BCUT2D eigenvalue weighted by Gasteiger charge is -2.44. The summed E-state index contributed by atoms with van der Waals surface area (Å²) in [5.74, 6) is 9.82. The van der Waals surface area contributed by atoms with Gasteiger partial charge in [-0.2, -0.15) is 0 Å². The number of rotatable bonds is 6. The minimum absolute atomic E-state index is 0.316. The summed E-state index contributed by atoms with van der Waals surface area (Å²) in [5.41, 5.74) is 0. The van der Waals surface area contributed by atoms with Gasteiger partial charge in [0.25, 0.3) is 0 Å². The summed E-state index contributed by atoms with van der Waals surface area (Å²) in [6.45, 7) is -0.631. The Hall–Kier alpha value is -0.520. The van der Waals surface area contributed by atoms with E-state index in [1.807, 2.05) is 0 Å². The third kappa shape index (κ3) is 4.42. The third-order valence-electron chi connectivity index (χ3n) is 4.13. The van der Waals surface area contributed by atoms with Crippen molar-refractivity contribution >= 4 is 0 Å². The van der Waals surface area contributed by atoms with Crippen molar-refractivity contribution in [1.29, 1.82) is 0 Å². The fourth-order valence-corrected chi connectivity index (χ4v) is 2.66. The highest BCUT2D eigenvalue weighted by atomic mass is 16.8. The van der Waals surface area contributed by atoms with Gasteiger partial charge in [0.1, 0.15) is 48.8 Å². The Kier molecular flexibility index (Phi) is 7.41. The lowest BCUT2D eigenvalue weighted by Crippen LogP contribution is -2.64. The van der Waals surface area contributed by atoms with Gasteiger partial charge in [-0.25, -0.2) is 11.8 Å². The van der Waals surface area contributed by atoms with Crippen molar-refractivity contribution in [2.75, 3.05) is 13.2 Å². The van der Waals surface area contributed by atoms with Crippen molar-refractivity contribution in [1.82, 2.24) is 0 Å². The molecule has 0 amide bonds. The number of hydrogen-bond acceptors (Lipinski definition) is 13. The summed E-state index contributed by atoms with van der Waals surface area (Å²) >= 11 is 0. The van der Waals surface area contributed by atoms with Gasteiger partial charge in [0, 0.05) is 0 Å². The quantitative estimate of drug-likeness (QED) is 0.204. The van der Waals surface area contributed by atoms with E-state index in [4.69, 9.17) is 26.0 Å². The van der Waals surface area contributed by atoms with Crippen LogP contribution in [0.2, 0.25) is 0 Å². The number of aliphatic hydroxyl groups is 6. The number of aliphatic hydroxyl groups excluding tert-OH is 6. The first-order valence-electron chi connectivity index (χ1n) is 7.50. The van der Waals surface area contributed by atoms with Gasteiger partial charge in [0.2, 0.25) is 0 Å². The van der Waals surface area contributed by atoms with Crippen LogP contribution in [-0.2, 0) is 23.9 Å². The molecule has 2 saturated heterocycles. The van der Waals surface area contributed by atoms with Crippen LogP contribution >= 0.6 is 0 Å². The maximum absolute atomic E-state index is 9.97. The first-order chi connectivity index (χ1) is 11.8. The van der Waals surface area contributed by atoms with Crippen molar-refractivity contribution in [3.05, 3.63) is 0 Å². The molecule has 25 heavy (non-hydrogen) atoms. The highest BCUT2D eigenvalue weighted by Crippen LogP contribution is 2.28. The van der Waals surface area contributed by atoms with Gasteiger partial charge in [-0.15, -0.1) is 0 Å². The van der Waals surface area contributed by atoms with Gasteiger partial charge in [-0.1, -0.05) is 0 Å². The van der Waals surface area contributed by atoms with Gasteiger partial charge in [0.05, 0.1) is 13.2 Å². The third-order valence-corrected chi connectivity index (χ3v) is 4.13. The van der Waals surface area contributed by atoms with E-state index in [1.165, 1.54) is 0 Å². The minimum Gasteiger partial charge on any atom is -0.387 e. The Balaban J connectivity index is 2.07. The van der Waals surface area contributed by atoms with Gasteiger partial charge in [-0.3, -0.25) is 0 Å². The first kappa shape index (κ1) is 20.8. The average molecular weight is 372 g/mol. The van der Waals surface area contributed by atoms with E-state index in [-0.39, 0.29) is 13.2 Å². The molecule has 0 spiro atoms. The molecule has 2 rings (SSSR count). The zero-order valence-corrected chi connectivity index (χ0v) is 13.1. The Labute approximate surface area is 142 Å². The molecule has 2 aliphatic rings. The van der Waals surface area contributed by atoms with Crippen molar-refractivity contribution in [2.24, 2.45) is 11.8 Å². The zero-order valence-electron chi connectivity index (χ0n) is 13.1. The van der Waals surface area contributed by atoms with Crippen LogP contribution in [0.4, 0.5) is 0 Å². The summed E-state index contributed by atoms with van der Waals surface area (Å²) in [6.07, 6.45) is -15.1. The number of nitrogens with two attached hydrogens (primary N) is 2. The zero-order chi connectivity index (χ0) is 18.7. The highest BCUT2D eigenvalue weighted by Gasteiger charge is 2.49. The first-order valence-corrected chi connectivity index (χ1v) is 7.50.